The Labute approximate surface area is 324 Å². The molecule has 1 atom stereocenters. The average molecular weight is 813 g/mol. The molecule has 0 aromatic carbocycles. The quantitative estimate of drug-likeness (QED) is 0.217. The summed E-state index contributed by atoms with van der Waals surface area (Å²) in [6, 6.07) is 0.737. The third-order valence-corrected chi connectivity index (χ3v) is 10.4. The van der Waals surface area contributed by atoms with Gasteiger partial charge in [0.25, 0.3) is 0 Å². The minimum absolute atomic E-state index is 0. The predicted molar refractivity (Wildman–Crippen MR) is 184 cm³/mol. The summed E-state index contributed by atoms with van der Waals surface area (Å²) in [5.41, 5.74) is -1.34. The van der Waals surface area contributed by atoms with Gasteiger partial charge in [0.1, 0.15) is 11.2 Å². The van der Waals surface area contributed by atoms with E-state index in [9.17, 15) is 19.5 Å². The van der Waals surface area contributed by atoms with Crippen molar-refractivity contribution in [3.8, 4) is 6.07 Å². The van der Waals surface area contributed by atoms with Crippen LogP contribution in [0.1, 0.15) is 126 Å². The van der Waals surface area contributed by atoms with E-state index in [2.05, 4.69) is 25.6 Å². The van der Waals surface area contributed by atoms with Crippen LogP contribution in [-0.4, -0.2) is 83.0 Å². The number of rotatable bonds is 5. The van der Waals surface area contributed by atoms with E-state index >= 15 is 0 Å². The van der Waals surface area contributed by atoms with Crippen molar-refractivity contribution in [1.82, 2.24) is 9.80 Å². The summed E-state index contributed by atoms with van der Waals surface area (Å²) in [4.78, 5) is 46.7. The summed E-state index contributed by atoms with van der Waals surface area (Å²) in [5.74, 6) is -0.0662. The molecule has 2 heterocycles. The Hall–Kier alpha value is -2.68. The van der Waals surface area contributed by atoms with Gasteiger partial charge in [-0.2, -0.15) is 5.26 Å². The molecule has 0 aromatic heterocycles. The standard InChI is InChI=1S/C18H28N2O4.C17H28N2O2.C2H3N.2Cu.O/c1-17(2,3)24-16(23)20-11-9-18(10-12-20,13-7-5-6-8-13)14(19-4)15(21)22;1-16(2,3)21-15(20)19-11-9-17(10-12-19,13-18-4)14-7-5-6-8-14;1-2-3;;;/h13-14H,5-12H2,1-3H3,(H,21,22);14H,5-13H2,1-3H3;1H3;;;. The summed E-state index contributed by atoms with van der Waals surface area (Å²) < 4.78 is 18.7. The molecule has 2 amide bonds. The molecule has 1 unspecified atom stereocenters. The first kappa shape index (κ1) is 48.3. The van der Waals surface area contributed by atoms with Gasteiger partial charge in [-0.15, -0.1) is 0 Å². The van der Waals surface area contributed by atoms with Crippen LogP contribution >= 0.6 is 0 Å². The number of nitriles is 1. The fraction of sp³-hybridized carbons (Fsp3) is 0.838. The van der Waals surface area contributed by atoms with Gasteiger partial charge in [-0.25, -0.2) is 27.5 Å². The van der Waals surface area contributed by atoms with Crippen molar-refractivity contribution in [3.05, 3.63) is 22.8 Å². The van der Waals surface area contributed by atoms with Crippen molar-refractivity contribution in [1.29, 1.82) is 5.26 Å². The molecule has 296 valence electrons. The van der Waals surface area contributed by atoms with Crippen LogP contribution in [0.5, 0.6) is 0 Å². The first-order valence-corrected chi connectivity index (χ1v) is 18.2. The number of aliphatic carboxylic acids is 1. The Balaban J connectivity index is 0.000000861. The molecule has 2 aliphatic heterocycles. The van der Waals surface area contributed by atoms with Crippen molar-refractivity contribution < 1.29 is 65.8 Å². The molecule has 12 nitrogen and oxygen atoms in total. The zero-order valence-corrected chi connectivity index (χ0v) is 33.4. The Morgan fingerprint density at radius 3 is 1.49 bits per heavy atom. The van der Waals surface area contributed by atoms with Gasteiger partial charge in [0.15, 0.2) is 0 Å². The fourth-order valence-electron chi connectivity index (χ4n) is 8.12. The third-order valence-electron chi connectivity index (χ3n) is 10.4. The molecule has 51 heavy (non-hydrogen) atoms. The topological polar surface area (TPSA) is 146 Å². The summed E-state index contributed by atoms with van der Waals surface area (Å²) in [5, 5.41) is 16.9. The second kappa shape index (κ2) is 22.4. The number of carboxylic acid groups (broad SMARTS) is 1. The molecule has 0 bridgehead atoms. The van der Waals surface area contributed by atoms with Crippen LogP contribution in [-0.2, 0) is 51.1 Å². The zero-order valence-electron chi connectivity index (χ0n) is 31.5. The Kier molecular flexibility index (Phi) is 21.2. The van der Waals surface area contributed by atoms with Crippen molar-refractivity contribution in [3.63, 3.8) is 0 Å². The van der Waals surface area contributed by atoms with E-state index in [0.717, 1.165) is 51.6 Å². The minimum atomic E-state index is -1.03. The molecule has 2 saturated heterocycles. The molecule has 4 aliphatic rings. The molecule has 0 spiro atoms. The fourth-order valence-corrected chi connectivity index (χ4v) is 8.12. The van der Waals surface area contributed by atoms with Crippen LogP contribution in [0.4, 0.5) is 9.59 Å². The molecule has 0 aromatic rings. The van der Waals surface area contributed by atoms with Gasteiger partial charge in [-0.3, -0.25) is 0 Å². The number of nitrogens with zero attached hydrogens (tertiary/aromatic N) is 5. The molecule has 4 rings (SSSR count). The number of amides is 2. The molecule has 14 heteroatoms. The number of piperidine rings is 2. The van der Waals surface area contributed by atoms with Crippen LogP contribution in [0.15, 0.2) is 0 Å². The van der Waals surface area contributed by atoms with Gasteiger partial charge in [-0.1, -0.05) is 25.7 Å². The molecule has 4 fully saturated rings. The van der Waals surface area contributed by atoms with E-state index in [4.69, 9.17) is 31.7 Å². The molecule has 1 N–H and O–H groups in total. The van der Waals surface area contributed by atoms with Crippen molar-refractivity contribution in [2.24, 2.45) is 22.7 Å². The van der Waals surface area contributed by atoms with Gasteiger partial charge in [0, 0.05) is 55.6 Å². The van der Waals surface area contributed by atoms with Gasteiger partial charge in [0.2, 0.25) is 6.54 Å². The molecule has 2 aliphatic carbocycles. The van der Waals surface area contributed by atoms with E-state index in [1.165, 1.54) is 32.6 Å². The first-order valence-electron chi connectivity index (χ1n) is 17.8. The molecule has 2 saturated carbocycles. The number of hydrogen-bond donors (Lipinski definition) is 1. The number of ether oxygens (including phenoxy) is 2. The maximum absolute atomic E-state index is 12.2. The number of hydrogen-bond acceptors (Lipinski definition) is 7. The van der Waals surface area contributed by atoms with Gasteiger partial charge in [-0.05, 0) is 105 Å². The van der Waals surface area contributed by atoms with E-state index in [-0.39, 0.29) is 40.6 Å². The summed E-state index contributed by atoms with van der Waals surface area (Å²) >= 11 is 2.94. The monoisotopic (exact) mass is 811 g/mol. The summed E-state index contributed by atoms with van der Waals surface area (Å²) in [6.07, 6.45) is 11.8. The molecule has 1 radical (unpaired) electrons. The summed E-state index contributed by atoms with van der Waals surface area (Å²) in [7, 11) is 0. The van der Waals surface area contributed by atoms with Gasteiger partial charge < -0.3 is 34.1 Å². The van der Waals surface area contributed by atoms with E-state index < -0.39 is 28.6 Å². The summed E-state index contributed by atoms with van der Waals surface area (Å²) in [6.45, 7) is 30.4. The van der Waals surface area contributed by atoms with Crippen LogP contribution in [0.2, 0.25) is 0 Å². The van der Waals surface area contributed by atoms with Crippen LogP contribution in [0, 0.1) is 47.1 Å². The predicted octanol–water partition coefficient (Wildman–Crippen LogP) is 8.09. The second-order valence-corrected chi connectivity index (χ2v) is 15.9. The van der Waals surface area contributed by atoms with E-state index in [1.807, 2.05) is 46.4 Å². The number of carboxylic acids is 1. The SMILES string of the molecule is CC#N.[C-]#[N+]C(C(=O)O)C1(C2CCCC2)CCN(C(=O)OC(C)(C)C)CC1.[C-]#[N+]CC1(C2CCCC2)CCN(C(=O)OC(C)(C)C)CC1.[Cu].[O]=[Cu]. The third kappa shape index (κ3) is 14.7. The second-order valence-electron chi connectivity index (χ2n) is 15.9. The number of carbonyl (C=O) groups excluding carboxylic acids is 2. The normalized spacial score (nSPS) is 20.4. The molecular weight excluding hydrogens is 754 g/mol. The van der Waals surface area contributed by atoms with Crippen LogP contribution in [0.25, 0.3) is 9.69 Å². The number of likely N-dealkylation sites (tertiary alicyclic amines) is 2. The van der Waals surface area contributed by atoms with Gasteiger partial charge >= 0.3 is 44.0 Å². The van der Waals surface area contributed by atoms with Crippen LogP contribution in [0.3, 0.4) is 0 Å². The first-order chi connectivity index (χ1) is 23.5. The Bertz CT molecular complexity index is 1220. The Morgan fingerprint density at radius 1 is 0.824 bits per heavy atom. The van der Waals surface area contributed by atoms with Crippen LogP contribution < -0.4 is 0 Å². The maximum atomic E-state index is 12.2. The van der Waals surface area contributed by atoms with E-state index in [0.29, 0.717) is 38.4 Å². The molecular formula is C37H59Cu2N5O7. The number of carbonyl (C=O) groups is 3. The zero-order chi connectivity index (χ0) is 38.2. The van der Waals surface area contributed by atoms with Gasteiger partial charge in [0.05, 0.1) is 11.5 Å². The van der Waals surface area contributed by atoms with E-state index in [1.54, 1.807) is 11.0 Å². The van der Waals surface area contributed by atoms with Crippen molar-refractivity contribution in [2.75, 3.05) is 32.7 Å². The Morgan fingerprint density at radius 2 is 1.18 bits per heavy atom. The van der Waals surface area contributed by atoms with Crippen molar-refractivity contribution in [2.45, 2.75) is 143 Å². The average Bonchev–Trinajstić information content (AvgIpc) is 3.78. The van der Waals surface area contributed by atoms with Crippen molar-refractivity contribution >= 4 is 18.2 Å².